The second-order valence-electron chi connectivity index (χ2n) is 5.84. The van der Waals surface area contributed by atoms with Crippen molar-refractivity contribution in [1.82, 2.24) is 14.7 Å². The number of hydrogen-bond donors (Lipinski definition) is 0. The highest BCUT2D eigenvalue weighted by Gasteiger charge is 2.20. The van der Waals surface area contributed by atoms with Gasteiger partial charge in [0.2, 0.25) is 5.91 Å². The molecule has 0 saturated carbocycles. The number of esters is 1. The first kappa shape index (κ1) is 17.7. The van der Waals surface area contributed by atoms with E-state index in [1.807, 2.05) is 51.1 Å². The van der Waals surface area contributed by atoms with Crippen LogP contribution in [0.5, 0.6) is 0 Å². The summed E-state index contributed by atoms with van der Waals surface area (Å²) in [5.41, 5.74) is 3.85. The van der Waals surface area contributed by atoms with Crippen LogP contribution in [0.25, 0.3) is 0 Å². The van der Waals surface area contributed by atoms with Gasteiger partial charge in [0.1, 0.15) is 13.1 Å². The van der Waals surface area contributed by atoms with Crippen LogP contribution in [0, 0.1) is 20.8 Å². The number of ether oxygens (including phenoxy) is 1. The summed E-state index contributed by atoms with van der Waals surface area (Å²) in [5, 5.41) is 4.31. The monoisotopic (exact) mass is 329 g/mol. The van der Waals surface area contributed by atoms with Gasteiger partial charge in [-0.1, -0.05) is 24.3 Å². The third-order valence-electron chi connectivity index (χ3n) is 3.91. The number of carbonyl (C=O) groups is 2. The SMILES string of the molecule is COC(=O)CN(Cc1ccccc1C)C(=O)Cn1nc(C)cc1C. The molecule has 1 aromatic heterocycles. The number of rotatable bonds is 6. The lowest BCUT2D eigenvalue weighted by molar-refractivity contribution is -0.147. The van der Waals surface area contributed by atoms with E-state index in [1.165, 1.54) is 12.0 Å². The van der Waals surface area contributed by atoms with E-state index in [0.29, 0.717) is 6.54 Å². The first-order valence-electron chi connectivity index (χ1n) is 7.81. The molecule has 0 spiro atoms. The van der Waals surface area contributed by atoms with Crippen molar-refractivity contribution in [2.45, 2.75) is 33.9 Å². The molecule has 6 nitrogen and oxygen atoms in total. The highest BCUT2D eigenvalue weighted by molar-refractivity contribution is 5.82. The molecule has 6 heteroatoms. The molecular weight excluding hydrogens is 306 g/mol. The fourth-order valence-electron chi connectivity index (χ4n) is 2.51. The van der Waals surface area contributed by atoms with Gasteiger partial charge in [-0.3, -0.25) is 14.3 Å². The summed E-state index contributed by atoms with van der Waals surface area (Å²) in [6.07, 6.45) is 0. The molecule has 1 heterocycles. The van der Waals surface area contributed by atoms with E-state index in [2.05, 4.69) is 5.10 Å². The fraction of sp³-hybridized carbons (Fsp3) is 0.389. The van der Waals surface area contributed by atoms with Gasteiger partial charge in [0.05, 0.1) is 12.8 Å². The Labute approximate surface area is 142 Å². The van der Waals surface area contributed by atoms with E-state index in [0.717, 1.165) is 22.5 Å². The predicted octanol–water partition coefficient (Wildman–Crippen LogP) is 2.01. The van der Waals surface area contributed by atoms with Crippen LogP contribution in [0.4, 0.5) is 0 Å². The Bertz CT molecular complexity index is 737. The molecule has 0 bridgehead atoms. The minimum Gasteiger partial charge on any atom is -0.468 e. The van der Waals surface area contributed by atoms with Crippen LogP contribution >= 0.6 is 0 Å². The maximum Gasteiger partial charge on any atom is 0.325 e. The van der Waals surface area contributed by atoms with Crippen LogP contribution < -0.4 is 0 Å². The largest absolute Gasteiger partial charge is 0.468 e. The van der Waals surface area contributed by atoms with Crippen molar-refractivity contribution in [2.75, 3.05) is 13.7 Å². The summed E-state index contributed by atoms with van der Waals surface area (Å²) in [7, 11) is 1.32. The van der Waals surface area contributed by atoms with Gasteiger partial charge in [-0.15, -0.1) is 0 Å². The van der Waals surface area contributed by atoms with Gasteiger partial charge in [0, 0.05) is 12.2 Å². The van der Waals surface area contributed by atoms with Crippen molar-refractivity contribution >= 4 is 11.9 Å². The molecule has 1 amide bonds. The fourth-order valence-corrected chi connectivity index (χ4v) is 2.51. The summed E-state index contributed by atoms with van der Waals surface area (Å²) < 4.78 is 6.37. The third kappa shape index (κ3) is 4.44. The Hall–Kier alpha value is -2.63. The summed E-state index contributed by atoms with van der Waals surface area (Å²) in [5.74, 6) is -0.611. The van der Waals surface area contributed by atoms with Crippen molar-refractivity contribution in [1.29, 1.82) is 0 Å². The van der Waals surface area contributed by atoms with Gasteiger partial charge in [-0.25, -0.2) is 0 Å². The van der Waals surface area contributed by atoms with Gasteiger partial charge in [0.25, 0.3) is 0 Å². The van der Waals surface area contributed by atoms with Crippen LogP contribution in [0.2, 0.25) is 0 Å². The topological polar surface area (TPSA) is 64.4 Å². The second kappa shape index (κ2) is 7.77. The summed E-state index contributed by atoms with van der Waals surface area (Å²) in [4.78, 5) is 25.9. The van der Waals surface area contributed by atoms with Crippen molar-refractivity contribution in [3.05, 3.63) is 52.8 Å². The zero-order valence-corrected chi connectivity index (χ0v) is 14.6. The number of methoxy groups -OCH3 is 1. The van der Waals surface area contributed by atoms with E-state index >= 15 is 0 Å². The summed E-state index contributed by atoms with van der Waals surface area (Å²) in [6.45, 7) is 6.15. The molecule has 0 atom stereocenters. The Morgan fingerprint density at radius 1 is 1.21 bits per heavy atom. The predicted molar refractivity (Wildman–Crippen MR) is 90.3 cm³/mol. The van der Waals surface area contributed by atoms with E-state index in [1.54, 1.807) is 4.68 Å². The maximum absolute atomic E-state index is 12.7. The molecule has 24 heavy (non-hydrogen) atoms. The zero-order chi connectivity index (χ0) is 17.7. The molecule has 0 unspecified atom stereocenters. The quantitative estimate of drug-likeness (QED) is 0.761. The van der Waals surface area contributed by atoms with Gasteiger partial charge < -0.3 is 9.64 Å². The molecule has 0 aliphatic heterocycles. The Kier molecular flexibility index (Phi) is 5.73. The van der Waals surface area contributed by atoms with Crippen molar-refractivity contribution in [2.24, 2.45) is 0 Å². The average Bonchev–Trinajstić information content (AvgIpc) is 2.86. The third-order valence-corrected chi connectivity index (χ3v) is 3.91. The number of carbonyl (C=O) groups excluding carboxylic acids is 2. The van der Waals surface area contributed by atoms with Crippen molar-refractivity contribution in [3.63, 3.8) is 0 Å². The lowest BCUT2D eigenvalue weighted by atomic mass is 10.1. The molecule has 128 valence electrons. The molecule has 1 aromatic carbocycles. The van der Waals surface area contributed by atoms with Crippen LogP contribution in [0.15, 0.2) is 30.3 Å². The van der Waals surface area contributed by atoms with E-state index in [9.17, 15) is 9.59 Å². The molecule has 2 aromatic rings. The summed E-state index contributed by atoms with van der Waals surface area (Å²) >= 11 is 0. The van der Waals surface area contributed by atoms with Crippen LogP contribution in [0.1, 0.15) is 22.5 Å². The molecule has 0 radical (unpaired) electrons. The molecule has 0 aliphatic rings. The first-order chi connectivity index (χ1) is 11.4. The molecule has 0 fully saturated rings. The highest BCUT2D eigenvalue weighted by Crippen LogP contribution is 2.12. The van der Waals surface area contributed by atoms with Crippen molar-refractivity contribution in [3.8, 4) is 0 Å². The number of benzene rings is 1. The molecular formula is C18H23N3O3. The second-order valence-corrected chi connectivity index (χ2v) is 5.84. The van der Waals surface area contributed by atoms with Gasteiger partial charge in [-0.05, 0) is 38.0 Å². The first-order valence-corrected chi connectivity index (χ1v) is 7.81. The summed E-state index contributed by atoms with van der Waals surface area (Å²) in [6, 6.07) is 9.72. The number of nitrogens with zero attached hydrogens (tertiary/aromatic N) is 3. The standard InChI is InChI=1S/C18H23N3O3/c1-13-7-5-6-8-16(13)10-20(12-18(23)24-4)17(22)11-21-15(3)9-14(2)19-21/h5-9H,10-12H2,1-4H3. The molecule has 0 N–H and O–H groups in total. The lowest BCUT2D eigenvalue weighted by Gasteiger charge is -2.22. The lowest BCUT2D eigenvalue weighted by Crippen LogP contribution is -2.38. The molecule has 0 aliphatic carbocycles. The Morgan fingerprint density at radius 3 is 2.50 bits per heavy atom. The minimum absolute atomic E-state index is 0.0804. The maximum atomic E-state index is 12.7. The molecule has 0 saturated heterocycles. The van der Waals surface area contributed by atoms with E-state index in [4.69, 9.17) is 4.74 Å². The zero-order valence-electron chi connectivity index (χ0n) is 14.6. The van der Waals surface area contributed by atoms with Crippen LogP contribution in [-0.2, 0) is 27.4 Å². The number of aromatic nitrogens is 2. The minimum atomic E-state index is -0.440. The average molecular weight is 329 g/mol. The van der Waals surface area contributed by atoms with Crippen molar-refractivity contribution < 1.29 is 14.3 Å². The number of aryl methyl sites for hydroxylation is 3. The van der Waals surface area contributed by atoms with Crippen LogP contribution in [-0.4, -0.2) is 40.2 Å². The smallest absolute Gasteiger partial charge is 0.325 e. The van der Waals surface area contributed by atoms with E-state index in [-0.39, 0.29) is 19.0 Å². The number of hydrogen-bond acceptors (Lipinski definition) is 4. The normalized spacial score (nSPS) is 10.5. The van der Waals surface area contributed by atoms with E-state index < -0.39 is 5.97 Å². The van der Waals surface area contributed by atoms with Gasteiger partial charge in [0.15, 0.2) is 0 Å². The van der Waals surface area contributed by atoms with Gasteiger partial charge in [-0.2, -0.15) is 5.10 Å². The highest BCUT2D eigenvalue weighted by atomic mass is 16.5. The molecule has 2 rings (SSSR count). The Morgan fingerprint density at radius 2 is 1.92 bits per heavy atom. The van der Waals surface area contributed by atoms with Gasteiger partial charge >= 0.3 is 5.97 Å². The van der Waals surface area contributed by atoms with Crippen LogP contribution in [0.3, 0.4) is 0 Å². The Balaban J connectivity index is 2.18. The number of amides is 1.